The van der Waals surface area contributed by atoms with Crippen molar-refractivity contribution in [3.8, 4) is 0 Å². The summed E-state index contributed by atoms with van der Waals surface area (Å²) in [5.74, 6) is -2.34. The fraction of sp³-hybridized carbons (Fsp3) is 0.250. The maximum absolute atomic E-state index is 13.5. The number of ether oxygens (including phenoxy) is 1. The molecule has 0 saturated heterocycles. The molecule has 0 atom stereocenters. The lowest BCUT2D eigenvalue weighted by molar-refractivity contribution is -0.146. The van der Waals surface area contributed by atoms with E-state index in [1.807, 2.05) is 12.1 Å². The molecule has 2 aromatic rings. The van der Waals surface area contributed by atoms with Crippen molar-refractivity contribution in [3.05, 3.63) is 65.5 Å². The first-order chi connectivity index (χ1) is 12.9. The van der Waals surface area contributed by atoms with Crippen LogP contribution in [0.4, 0.5) is 10.1 Å². The molecule has 0 heterocycles. The van der Waals surface area contributed by atoms with Gasteiger partial charge in [0, 0.05) is 5.69 Å². The maximum Gasteiger partial charge on any atom is 0.325 e. The number of amides is 2. The van der Waals surface area contributed by atoms with E-state index in [0.717, 1.165) is 11.6 Å². The van der Waals surface area contributed by atoms with Gasteiger partial charge < -0.3 is 15.4 Å². The van der Waals surface area contributed by atoms with Gasteiger partial charge in [-0.25, -0.2) is 4.39 Å². The lowest BCUT2D eigenvalue weighted by Gasteiger charge is -2.09. The second-order valence-corrected chi connectivity index (χ2v) is 6.15. The second-order valence-electron chi connectivity index (χ2n) is 6.15. The van der Waals surface area contributed by atoms with Crippen LogP contribution >= 0.6 is 0 Å². The summed E-state index contributed by atoms with van der Waals surface area (Å²) >= 11 is 0. The summed E-state index contributed by atoms with van der Waals surface area (Å²) in [5, 5.41) is 4.85. The van der Waals surface area contributed by atoms with Gasteiger partial charge in [0.15, 0.2) is 6.61 Å². The van der Waals surface area contributed by atoms with E-state index < -0.39 is 36.8 Å². The Labute approximate surface area is 156 Å². The van der Waals surface area contributed by atoms with Crippen LogP contribution in [-0.2, 0) is 14.3 Å². The largest absolute Gasteiger partial charge is 0.454 e. The van der Waals surface area contributed by atoms with Gasteiger partial charge in [0.05, 0.1) is 5.56 Å². The molecule has 0 bridgehead atoms. The molecule has 2 aromatic carbocycles. The molecule has 2 N–H and O–H groups in total. The average molecular weight is 372 g/mol. The number of benzene rings is 2. The number of hydrogen-bond donors (Lipinski definition) is 2. The predicted molar refractivity (Wildman–Crippen MR) is 98.9 cm³/mol. The third kappa shape index (κ3) is 6.22. The zero-order valence-electron chi connectivity index (χ0n) is 15.1. The van der Waals surface area contributed by atoms with Gasteiger partial charge >= 0.3 is 5.97 Å². The Morgan fingerprint density at radius 1 is 1.04 bits per heavy atom. The molecule has 2 rings (SSSR count). The van der Waals surface area contributed by atoms with Crippen molar-refractivity contribution in [2.24, 2.45) is 0 Å². The van der Waals surface area contributed by atoms with Gasteiger partial charge in [0.25, 0.3) is 11.8 Å². The van der Waals surface area contributed by atoms with Crippen molar-refractivity contribution in [2.75, 3.05) is 18.5 Å². The number of anilines is 1. The van der Waals surface area contributed by atoms with Crippen molar-refractivity contribution < 1.29 is 23.5 Å². The Hall–Kier alpha value is -3.22. The van der Waals surface area contributed by atoms with E-state index in [4.69, 9.17) is 4.74 Å². The molecule has 0 aliphatic heterocycles. The van der Waals surface area contributed by atoms with Crippen molar-refractivity contribution in [3.63, 3.8) is 0 Å². The number of esters is 1. The number of carbonyl (C=O) groups is 3. The van der Waals surface area contributed by atoms with Gasteiger partial charge in [-0.15, -0.1) is 0 Å². The zero-order valence-corrected chi connectivity index (χ0v) is 15.1. The normalized spacial score (nSPS) is 10.4. The van der Waals surface area contributed by atoms with E-state index in [1.165, 1.54) is 18.2 Å². The first-order valence-electron chi connectivity index (χ1n) is 8.45. The molecule has 0 radical (unpaired) electrons. The minimum atomic E-state index is -0.801. The molecule has 0 fully saturated rings. The fourth-order valence-electron chi connectivity index (χ4n) is 2.24. The summed E-state index contributed by atoms with van der Waals surface area (Å²) in [5.41, 5.74) is 1.56. The van der Waals surface area contributed by atoms with Gasteiger partial charge in [-0.2, -0.15) is 0 Å². The molecule has 0 spiro atoms. The number of nitrogens with one attached hydrogen (secondary N) is 2. The highest BCUT2D eigenvalue weighted by Crippen LogP contribution is 2.17. The van der Waals surface area contributed by atoms with Crippen LogP contribution in [0.5, 0.6) is 0 Å². The highest BCUT2D eigenvalue weighted by molar-refractivity contribution is 5.96. The van der Waals surface area contributed by atoms with Gasteiger partial charge in [0.2, 0.25) is 0 Å². The number of halogens is 1. The van der Waals surface area contributed by atoms with Crippen LogP contribution in [0.3, 0.4) is 0 Å². The van der Waals surface area contributed by atoms with Gasteiger partial charge in [-0.1, -0.05) is 38.1 Å². The van der Waals surface area contributed by atoms with E-state index >= 15 is 0 Å². The highest BCUT2D eigenvalue weighted by Gasteiger charge is 2.13. The van der Waals surface area contributed by atoms with Crippen LogP contribution in [0.15, 0.2) is 48.5 Å². The summed E-state index contributed by atoms with van der Waals surface area (Å²) in [4.78, 5) is 35.2. The maximum atomic E-state index is 13.5. The Kier molecular flexibility index (Phi) is 7.05. The summed E-state index contributed by atoms with van der Waals surface area (Å²) < 4.78 is 18.3. The van der Waals surface area contributed by atoms with Gasteiger partial charge in [-0.05, 0) is 35.7 Å². The molecular formula is C20H21FN2O4. The number of rotatable bonds is 7. The van der Waals surface area contributed by atoms with E-state index in [-0.39, 0.29) is 5.56 Å². The lowest BCUT2D eigenvalue weighted by Crippen LogP contribution is -2.32. The van der Waals surface area contributed by atoms with Crippen molar-refractivity contribution in [1.29, 1.82) is 0 Å². The van der Waals surface area contributed by atoms with Crippen LogP contribution in [0.1, 0.15) is 35.7 Å². The summed E-state index contributed by atoms with van der Waals surface area (Å²) in [7, 11) is 0. The molecular weight excluding hydrogens is 351 g/mol. The van der Waals surface area contributed by atoms with E-state index in [0.29, 0.717) is 11.6 Å². The monoisotopic (exact) mass is 372 g/mol. The molecule has 0 saturated carbocycles. The van der Waals surface area contributed by atoms with E-state index in [9.17, 15) is 18.8 Å². The Morgan fingerprint density at radius 3 is 2.33 bits per heavy atom. The lowest BCUT2D eigenvalue weighted by atomic mass is 10.0. The molecule has 142 valence electrons. The van der Waals surface area contributed by atoms with Crippen molar-refractivity contribution >= 4 is 23.5 Å². The minimum Gasteiger partial charge on any atom is -0.454 e. The summed E-state index contributed by atoms with van der Waals surface area (Å²) in [6.07, 6.45) is 0. The molecule has 0 aromatic heterocycles. The molecule has 2 amide bonds. The fourth-order valence-corrected chi connectivity index (χ4v) is 2.24. The number of carbonyl (C=O) groups excluding carboxylic acids is 3. The van der Waals surface area contributed by atoms with E-state index in [1.54, 1.807) is 12.1 Å². The Balaban J connectivity index is 1.74. The molecule has 0 unspecified atom stereocenters. The average Bonchev–Trinajstić information content (AvgIpc) is 2.65. The molecule has 0 aliphatic rings. The quantitative estimate of drug-likeness (QED) is 0.732. The predicted octanol–water partition coefficient (Wildman–Crippen LogP) is 2.86. The van der Waals surface area contributed by atoms with Crippen LogP contribution < -0.4 is 10.6 Å². The van der Waals surface area contributed by atoms with Crippen LogP contribution in [-0.4, -0.2) is 30.9 Å². The minimum absolute atomic E-state index is 0.173. The number of hydrogen-bond acceptors (Lipinski definition) is 4. The summed E-state index contributed by atoms with van der Waals surface area (Å²) in [6.45, 7) is 3.18. The van der Waals surface area contributed by atoms with Crippen molar-refractivity contribution in [1.82, 2.24) is 5.32 Å². The van der Waals surface area contributed by atoms with Crippen LogP contribution in [0.25, 0.3) is 0 Å². The van der Waals surface area contributed by atoms with Gasteiger partial charge in [0.1, 0.15) is 12.4 Å². The first kappa shape index (κ1) is 20.1. The van der Waals surface area contributed by atoms with Crippen LogP contribution in [0.2, 0.25) is 0 Å². The molecule has 0 aliphatic carbocycles. The topological polar surface area (TPSA) is 84.5 Å². The van der Waals surface area contributed by atoms with Crippen LogP contribution in [0, 0.1) is 5.82 Å². The first-order valence-corrected chi connectivity index (χ1v) is 8.45. The highest BCUT2D eigenvalue weighted by atomic mass is 19.1. The second kappa shape index (κ2) is 9.47. The molecule has 27 heavy (non-hydrogen) atoms. The summed E-state index contributed by atoms with van der Waals surface area (Å²) in [6, 6.07) is 12.8. The van der Waals surface area contributed by atoms with Gasteiger partial charge in [-0.3, -0.25) is 14.4 Å². The standard InChI is InChI=1S/C20H21FN2O4/c1-13(2)14-7-9-15(10-8-14)23-18(24)12-27-19(25)11-22-20(26)16-5-3-4-6-17(16)21/h3-10,13H,11-12H2,1-2H3,(H,22,26)(H,23,24). The van der Waals surface area contributed by atoms with E-state index in [2.05, 4.69) is 24.5 Å². The molecule has 7 heteroatoms. The smallest absolute Gasteiger partial charge is 0.325 e. The third-order valence-electron chi connectivity index (χ3n) is 3.74. The Bertz CT molecular complexity index is 819. The Morgan fingerprint density at radius 2 is 1.70 bits per heavy atom. The SMILES string of the molecule is CC(C)c1ccc(NC(=O)COC(=O)CNC(=O)c2ccccc2F)cc1. The zero-order chi connectivity index (χ0) is 19.8. The molecule has 6 nitrogen and oxygen atoms in total. The third-order valence-corrected chi connectivity index (χ3v) is 3.74. The van der Waals surface area contributed by atoms with Crippen molar-refractivity contribution in [2.45, 2.75) is 19.8 Å².